The third-order valence-corrected chi connectivity index (χ3v) is 5.53. The maximum Gasteiger partial charge on any atom is 0.338 e. The predicted molar refractivity (Wildman–Crippen MR) is 124 cm³/mol. The van der Waals surface area contributed by atoms with Crippen molar-refractivity contribution in [3.8, 4) is 16.8 Å². The van der Waals surface area contributed by atoms with Crippen molar-refractivity contribution in [1.29, 1.82) is 0 Å². The second kappa shape index (κ2) is 8.72. The highest BCUT2D eigenvalue weighted by Gasteiger charge is 2.17. The minimum absolute atomic E-state index is 0.336. The SMILES string of the molecule is CCCCc1nc2c(C)cc(C)nc2n1-c1ccc(-c2ccccc2C(=O)OC)cc1. The molecule has 4 aromatic rings. The molecule has 0 spiro atoms. The van der Waals surface area contributed by atoms with Gasteiger partial charge in [-0.15, -0.1) is 0 Å². The summed E-state index contributed by atoms with van der Waals surface area (Å²) in [4.78, 5) is 21.9. The lowest BCUT2D eigenvalue weighted by atomic mass is 9.99. The van der Waals surface area contributed by atoms with Crippen LogP contribution in [0.4, 0.5) is 0 Å². The summed E-state index contributed by atoms with van der Waals surface area (Å²) >= 11 is 0. The highest BCUT2D eigenvalue weighted by Crippen LogP contribution is 2.28. The van der Waals surface area contributed by atoms with Gasteiger partial charge in [-0.1, -0.05) is 43.7 Å². The maximum atomic E-state index is 12.2. The van der Waals surface area contributed by atoms with Crippen LogP contribution in [0, 0.1) is 13.8 Å². The number of unbranched alkanes of at least 4 members (excludes halogenated alkanes) is 1. The number of pyridine rings is 1. The van der Waals surface area contributed by atoms with Crippen molar-refractivity contribution < 1.29 is 9.53 Å². The molecule has 2 aromatic carbocycles. The lowest BCUT2D eigenvalue weighted by molar-refractivity contribution is 0.0601. The summed E-state index contributed by atoms with van der Waals surface area (Å²) in [5.41, 5.74) is 7.37. The maximum absolute atomic E-state index is 12.2. The average Bonchev–Trinajstić information content (AvgIpc) is 3.15. The number of ether oxygens (including phenoxy) is 1. The molecule has 0 saturated heterocycles. The summed E-state index contributed by atoms with van der Waals surface area (Å²) in [6.45, 7) is 6.29. The van der Waals surface area contributed by atoms with Gasteiger partial charge in [0.05, 0.1) is 12.7 Å². The third kappa shape index (κ3) is 3.96. The molecule has 0 aliphatic heterocycles. The molecule has 0 saturated carbocycles. The highest BCUT2D eigenvalue weighted by molar-refractivity contribution is 5.97. The number of carbonyl (C=O) groups excluding carboxylic acids is 1. The normalized spacial score (nSPS) is 11.1. The van der Waals surface area contributed by atoms with E-state index in [1.807, 2.05) is 37.3 Å². The van der Waals surface area contributed by atoms with Crippen molar-refractivity contribution in [2.75, 3.05) is 7.11 Å². The minimum Gasteiger partial charge on any atom is -0.465 e. The smallest absolute Gasteiger partial charge is 0.338 e. The molecule has 0 radical (unpaired) electrons. The topological polar surface area (TPSA) is 57.0 Å². The number of esters is 1. The largest absolute Gasteiger partial charge is 0.465 e. The number of hydrogen-bond acceptors (Lipinski definition) is 4. The fourth-order valence-corrected chi connectivity index (χ4v) is 3.99. The van der Waals surface area contributed by atoms with Gasteiger partial charge in [-0.2, -0.15) is 0 Å². The number of imidazole rings is 1. The number of fused-ring (bicyclic) bond motifs is 1. The van der Waals surface area contributed by atoms with Gasteiger partial charge in [-0.3, -0.25) is 4.57 Å². The van der Waals surface area contributed by atoms with Crippen molar-refractivity contribution in [2.24, 2.45) is 0 Å². The van der Waals surface area contributed by atoms with Crippen molar-refractivity contribution in [2.45, 2.75) is 40.0 Å². The van der Waals surface area contributed by atoms with Gasteiger partial charge >= 0.3 is 5.97 Å². The Bertz CT molecular complexity index is 1240. The van der Waals surface area contributed by atoms with Crippen molar-refractivity contribution >= 4 is 17.1 Å². The monoisotopic (exact) mass is 413 g/mol. The van der Waals surface area contributed by atoms with Crippen LogP contribution in [0.5, 0.6) is 0 Å². The van der Waals surface area contributed by atoms with E-state index >= 15 is 0 Å². The summed E-state index contributed by atoms with van der Waals surface area (Å²) < 4.78 is 7.11. The fraction of sp³-hybridized carbons (Fsp3) is 0.269. The second-order valence-corrected chi connectivity index (χ2v) is 7.80. The van der Waals surface area contributed by atoms with E-state index in [0.717, 1.165) is 64.3 Å². The minimum atomic E-state index is -0.336. The van der Waals surface area contributed by atoms with Crippen LogP contribution in [0.2, 0.25) is 0 Å². The Labute approximate surface area is 182 Å². The second-order valence-electron chi connectivity index (χ2n) is 7.80. The van der Waals surface area contributed by atoms with E-state index in [-0.39, 0.29) is 5.97 Å². The lowest BCUT2D eigenvalue weighted by Crippen LogP contribution is -2.04. The molecule has 0 bridgehead atoms. The average molecular weight is 414 g/mol. The molecule has 0 N–H and O–H groups in total. The molecule has 0 aliphatic carbocycles. The fourth-order valence-electron chi connectivity index (χ4n) is 3.99. The van der Waals surface area contributed by atoms with E-state index in [4.69, 9.17) is 14.7 Å². The summed E-state index contributed by atoms with van der Waals surface area (Å²) in [5.74, 6) is 0.693. The zero-order valence-electron chi connectivity index (χ0n) is 18.5. The van der Waals surface area contributed by atoms with Gasteiger partial charge in [-0.05, 0) is 61.2 Å². The van der Waals surface area contributed by atoms with Gasteiger partial charge in [-0.25, -0.2) is 14.8 Å². The molecule has 158 valence electrons. The molecule has 31 heavy (non-hydrogen) atoms. The molecule has 2 aromatic heterocycles. The van der Waals surface area contributed by atoms with Crippen molar-refractivity contribution in [1.82, 2.24) is 14.5 Å². The van der Waals surface area contributed by atoms with E-state index < -0.39 is 0 Å². The molecule has 2 heterocycles. The highest BCUT2D eigenvalue weighted by atomic mass is 16.5. The van der Waals surface area contributed by atoms with Crippen LogP contribution in [0.15, 0.2) is 54.6 Å². The molecule has 5 nitrogen and oxygen atoms in total. The Balaban J connectivity index is 1.82. The number of nitrogens with zero attached hydrogens (tertiary/aromatic N) is 3. The van der Waals surface area contributed by atoms with Gasteiger partial charge in [0, 0.05) is 17.8 Å². The molecular weight excluding hydrogens is 386 g/mol. The third-order valence-electron chi connectivity index (χ3n) is 5.53. The van der Waals surface area contributed by atoms with Gasteiger partial charge in [0.2, 0.25) is 0 Å². The van der Waals surface area contributed by atoms with E-state index in [1.54, 1.807) is 6.07 Å². The van der Waals surface area contributed by atoms with E-state index in [1.165, 1.54) is 7.11 Å². The first kappa shape index (κ1) is 20.8. The Kier molecular flexibility index (Phi) is 5.85. The van der Waals surface area contributed by atoms with E-state index in [2.05, 4.69) is 36.6 Å². The standard InChI is InChI=1S/C26H27N3O2/c1-5-6-11-23-28-24-17(2)16-18(3)27-25(24)29(23)20-14-12-19(13-15-20)21-9-7-8-10-22(21)26(30)31-4/h7-10,12-16H,5-6,11H2,1-4H3. The first-order valence-electron chi connectivity index (χ1n) is 10.7. The first-order chi connectivity index (χ1) is 15.0. The van der Waals surface area contributed by atoms with Gasteiger partial charge < -0.3 is 4.74 Å². The predicted octanol–water partition coefficient (Wildman–Crippen LogP) is 5.83. The summed E-state index contributed by atoms with van der Waals surface area (Å²) in [6, 6.07) is 17.8. The van der Waals surface area contributed by atoms with E-state index in [0.29, 0.717) is 5.56 Å². The van der Waals surface area contributed by atoms with Crippen molar-refractivity contribution in [3.63, 3.8) is 0 Å². The Hall–Kier alpha value is -3.47. The Morgan fingerprint density at radius 3 is 2.48 bits per heavy atom. The molecule has 0 fully saturated rings. The molecule has 0 amide bonds. The number of methoxy groups -OCH3 is 1. The van der Waals surface area contributed by atoms with Crippen LogP contribution < -0.4 is 0 Å². The molecule has 0 aliphatic rings. The Morgan fingerprint density at radius 1 is 1.03 bits per heavy atom. The van der Waals surface area contributed by atoms with Crippen molar-refractivity contribution in [3.05, 3.63) is 77.2 Å². The molecule has 0 atom stereocenters. The zero-order valence-corrected chi connectivity index (χ0v) is 18.5. The quantitative estimate of drug-likeness (QED) is 0.373. The molecular formula is C26H27N3O2. The van der Waals surface area contributed by atoms with Crippen LogP contribution in [0.3, 0.4) is 0 Å². The molecule has 0 unspecified atom stereocenters. The van der Waals surface area contributed by atoms with Crippen LogP contribution in [0.1, 0.15) is 47.2 Å². The van der Waals surface area contributed by atoms with E-state index in [9.17, 15) is 4.79 Å². The van der Waals surface area contributed by atoms with Gasteiger partial charge in [0.15, 0.2) is 5.65 Å². The van der Waals surface area contributed by atoms with Gasteiger partial charge in [0.1, 0.15) is 11.3 Å². The number of benzene rings is 2. The van der Waals surface area contributed by atoms with Crippen LogP contribution in [-0.2, 0) is 11.2 Å². The molecule has 4 rings (SSSR count). The first-order valence-corrected chi connectivity index (χ1v) is 10.7. The lowest BCUT2D eigenvalue weighted by Gasteiger charge is -2.12. The number of aryl methyl sites for hydroxylation is 3. The number of aromatic nitrogens is 3. The number of carbonyl (C=O) groups is 1. The zero-order chi connectivity index (χ0) is 22.0. The summed E-state index contributed by atoms with van der Waals surface area (Å²) in [7, 11) is 1.40. The number of hydrogen-bond donors (Lipinski definition) is 0. The number of rotatable bonds is 6. The van der Waals surface area contributed by atoms with Crippen LogP contribution in [-0.4, -0.2) is 27.6 Å². The van der Waals surface area contributed by atoms with Gasteiger partial charge in [0.25, 0.3) is 0 Å². The summed E-state index contributed by atoms with van der Waals surface area (Å²) in [6.07, 6.45) is 3.09. The van der Waals surface area contributed by atoms with Crippen LogP contribution >= 0.6 is 0 Å². The molecule has 5 heteroatoms. The Morgan fingerprint density at radius 2 is 1.77 bits per heavy atom. The van der Waals surface area contributed by atoms with Crippen LogP contribution in [0.25, 0.3) is 28.0 Å². The summed E-state index contributed by atoms with van der Waals surface area (Å²) in [5, 5.41) is 0.